The van der Waals surface area contributed by atoms with E-state index in [1.807, 2.05) is 42.5 Å². The van der Waals surface area contributed by atoms with Gasteiger partial charge in [-0.2, -0.15) is 0 Å². The summed E-state index contributed by atoms with van der Waals surface area (Å²) in [6.07, 6.45) is 4.43. The molecule has 0 N–H and O–H groups in total. The van der Waals surface area contributed by atoms with Crippen molar-refractivity contribution in [3.8, 4) is 11.5 Å². The second-order valence-corrected chi connectivity index (χ2v) is 6.66. The van der Waals surface area contributed by atoms with Gasteiger partial charge < -0.3 is 9.47 Å². The largest absolute Gasteiger partial charge is 0.497 e. The molecule has 0 fully saturated rings. The van der Waals surface area contributed by atoms with Gasteiger partial charge in [0, 0.05) is 5.92 Å². The van der Waals surface area contributed by atoms with Crippen LogP contribution < -0.4 is 9.47 Å². The van der Waals surface area contributed by atoms with Crippen molar-refractivity contribution in [3.05, 3.63) is 77.7 Å². The van der Waals surface area contributed by atoms with Crippen LogP contribution in [0.5, 0.6) is 11.5 Å². The highest BCUT2D eigenvalue weighted by Gasteiger charge is 2.32. The van der Waals surface area contributed by atoms with Gasteiger partial charge in [0.15, 0.2) is 0 Å². The zero-order chi connectivity index (χ0) is 16.4. The van der Waals surface area contributed by atoms with Crippen molar-refractivity contribution in [2.24, 2.45) is 10.9 Å². The zero-order valence-corrected chi connectivity index (χ0v) is 14.1. The summed E-state index contributed by atoms with van der Waals surface area (Å²) in [5, 5.41) is 2.34. The maximum absolute atomic E-state index is 6.11. The van der Waals surface area contributed by atoms with Crippen LogP contribution in [0.1, 0.15) is 5.56 Å². The summed E-state index contributed by atoms with van der Waals surface area (Å²) in [5.74, 6) is 2.65. The lowest BCUT2D eigenvalue weighted by molar-refractivity contribution is 0.413. The second-order valence-electron chi connectivity index (χ2n) is 5.61. The molecule has 2 aromatic rings. The molecule has 120 valence electrons. The van der Waals surface area contributed by atoms with Gasteiger partial charge in [0.05, 0.1) is 18.1 Å². The molecule has 2 aliphatic rings. The number of methoxy groups -OCH3 is 1. The fraction of sp³-hybridized carbons (Fsp3) is 0.150. The number of ether oxygens (including phenoxy) is 2. The summed E-state index contributed by atoms with van der Waals surface area (Å²) in [6, 6.07) is 17.8. The van der Waals surface area contributed by atoms with Crippen LogP contribution in [0, 0.1) is 5.92 Å². The summed E-state index contributed by atoms with van der Waals surface area (Å²) in [5.41, 5.74) is 2.07. The number of nitrogens with zero attached hydrogens (tertiary/aromatic N) is 1. The summed E-state index contributed by atoms with van der Waals surface area (Å²) >= 11 is 1.75. The predicted molar refractivity (Wildman–Crippen MR) is 99.5 cm³/mol. The van der Waals surface area contributed by atoms with Crippen LogP contribution >= 0.6 is 11.8 Å². The van der Waals surface area contributed by atoms with Gasteiger partial charge in [-0.05, 0) is 41.3 Å². The predicted octanol–water partition coefficient (Wildman–Crippen LogP) is 4.77. The molecule has 0 spiro atoms. The molecule has 2 aromatic carbocycles. The van der Waals surface area contributed by atoms with Crippen LogP contribution in [0.15, 0.2) is 77.1 Å². The number of allylic oxidation sites excluding steroid dienone is 2. The Balaban J connectivity index is 1.64. The minimum Gasteiger partial charge on any atom is -0.497 e. The van der Waals surface area contributed by atoms with Gasteiger partial charge in [-0.3, -0.25) is 0 Å². The molecule has 24 heavy (non-hydrogen) atoms. The maximum Gasteiger partial charge on any atom is 0.209 e. The van der Waals surface area contributed by atoms with E-state index in [4.69, 9.17) is 14.5 Å². The van der Waals surface area contributed by atoms with E-state index in [1.165, 1.54) is 0 Å². The van der Waals surface area contributed by atoms with Crippen LogP contribution in [-0.2, 0) is 0 Å². The van der Waals surface area contributed by atoms with Gasteiger partial charge in [-0.25, -0.2) is 4.99 Å². The molecule has 4 rings (SSSR count). The fourth-order valence-electron chi connectivity index (χ4n) is 2.80. The highest BCUT2D eigenvalue weighted by atomic mass is 32.2. The van der Waals surface area contributed by atoms with E-state index in [9.17, 15) is 0 Å². The van der Waals surface area contributed by atoms with E-state index < -0.39 is 0 Å². The minimum absolute atomic E-state index is 0.208. The third-order valence-corrected chi connectivity index (χ3v) is 5.17. The molecule has 0 amide bonds. The van der Waals surface area contributed by atoms with Crippen molar-refractivity contribution < 1.29 is 9.47 Å². The minimum atomic E-state index is 0.208. The number of aliphatic imine (C=N–C) groups is 1. The Hall–Kier alpha value is -2.46. The number of rotatable bonds is 3. The first kappa shape index (κ1) is 15.1. The van der Waals surface area contributed by atoms with E-state index in [0.717, 1.165) is 28.7 Å². The van der Waals surface area contributed by atoms with Crippen molar-refractivity contribution in [3.63, 3.8) is 0 Å². The summed E-state index contributed by atoms with van der Waals surface area (Å²) in [6.45, 7) is 0. The van der Waals surface area contributed by atoms with E-state index in [1.54, 1.807) is 18.9 Å². The smallest absolute Gasteiger partial charge is 0.209 e. The number of fused-ring (bicyclic) bond motifs is 1. The molecule has 0 radical (unpaired) electrons. The van der Waals surface area contributed by atoms with Crippen molar-refractivity contribution in [1.82, 2.24) is 0 Å². The molecule has 2 heterocycles. The average molecular weight is 335 g/mol. The molecule has 0 saturated carbocycles. The Morgan fingerprint density at radius 3 is 2.46 bits per heavy atom. The maximum atomic E-state index is 6.11. The summed E-state index contributed by atoms with van der Waals surface area (Å²) in [7, 11) is 1.66. The number of benzene rings is 2. The first-order chi connectivity index (χ1) is 11.8. The quantitative estimate of drug-likeness (QED) is 0.809. The van der Waals surface area contributed by atoms with Crippen molar-refractivity contribution in [2.75, 3.05) is 7.11 Å². The standard InChI is InChI=1S/C20H17NO2S/c1-22-16-7-9-17(10-8-16)23-20-19-15(11-12-24-19)13-18(21-20)14-5-3-2-4-6-14/h2-13,15,19H,1H3. The lowest BCUT2D eigenvalue weighted by Crippen LogP contribution is -2.29. The topological polar surface area (TPSA) is 30.8 Å². The Morgan fingerprint density at radius 2 is 1.71 bits per heavy atom. The number of thioether (sulfide) groups is 1. The molecule has 2 aliphatic heterocycles. The van der Waals surface area contributed by atoms with Gasteiger partial charge in [-0.15, -0.1) is 11.8 Å². The van der Waals surface area contributed by atoms with Crippen molar-refractivity contribution in [1.29, 1.82) is 0 Å². The Labute approximate surface area is 145 Å². The van der Waals surface area contributed by atoms with Crippen LogP contribution in [-0.4, -0.2) is 18.3 Å². The summed E-state index contributed by atoms with van der Waals surface area (Å²) in [4.78, 5) is 4.80. The first-order valence-corrected chi connectivity index (χ1v) is 8.77. The molecule has 0 bridgehead atoms. The van der Waals surface area contributed by atoms with E-state index in [-0.39, 0.29) is 5.25 Å². The Kier molecular flexibility index (Phi) is 4.13. The van der Waals surface area contributed by atoms with E-state index in [0.29, 0.717) is 5.92 Å². The lowest BCUT2D eigenvalue weighted by atomic mass is 9.98. The monoisotopic (exact) mass is 335 g/mol. The Bertz CT molecular complexity index is 809. The third-order valence-electron chi connectivity index (χ3n) is 4.05. The lowest BCUT2D eigenvalue weighted by Gasteiger charge is -2.23. The van der Waals surface area contributed by atoms with E-state index in [2.05, 4.69) is 29.7 Å². The van der Waals surface area contributed by atoms with Gasteiger partial charge in [0.2, 0.25) is 5.90 Å². The molecule has 0 aliphatic carbocycles. The van der Waals surface area contributed by atoms with Crippen LogP contribution in [0.25, 0.3) is 5.70 Å². The van der Waals surface area contributed by atoms with Crippen molar-refractivity contribution >= 4 is 23.4 Å². The average Bonchev–Trinajstić information content (AvgIpc) is 3.12. The molecular weight excluding hydrogens is 318 g/mol. The molecular formula is C20H17NO2S. The van der Waals surface area contributed by atoms with E-state index >= 15 is 0 Å². The molecule has 2 unspecified atom stereocenters. The van der Waals surface area contributed by atoms with Gasteiger partial charge in [-0.1, -0.05) is 36.4 Å². The van der Waals surface area contributed by atoms with Crippen molar-refractivity contribution in [2.45, 2.75) is 5.25 Å². The van der Waals surface area contributed by atoms with Gasteiger partial charge in [0.25, 0.3) is 0 Å². The highest BCUT2D eigenvalue weighted by molar-refractivity contribution is 8.03. The second kappa shape index (κ2) is 6.57. The molecule has 2 atom stereocenters. The van der Waals surface area contributed by atoms with Crippen LogP contribution in [0.3, 0.4) is 0 Å². The molecule has 3 nitrogen and oxygen atoms in total. The van der Waals surface area contributed by atoms with Gasteiger partial charge >= 0.3 is 0 Å². The SMILES string of the molecule is COc1ccc(OC2=NC(c3ccccc3)=CC3C=CSC23)cc1. The van der Waals surface area contributed by atoms with Gasteiger partial charge in [0.1, 0.15) is 11.5 Å². The molecule has 4 heteroatoms. The highest BCUT2D eigenvalue weighted by Crippen LogP contribution is 2.38. The fourth-order valence-corrected chi connectivity index (χ4v) is 3.80. The third kappa shape index (κ3) is 2.97. The Morgan fingerprint density at radius 1 is 0.958 bits per heavy atom. The summed E-state index contributed by atoms with van der Waals surface area (Å²) < 4.78 is 11.3. The molecule has 0 saturated heterocycles. The van der Waals surface area contributed by atoms with Crippen LogP contribution in [0.4, 0.5) is 0 Å². The number of hydrogen-bond acceptors (Lipinski definition) is 4. The number of hydrogen-bond donors (Lipinski definition) is 0. The normalized spacial score (nSPS) is 21.7. The molecule has 0 aromatic heterocycles. The van der Waals surface area contributed by atoms with Crippen LogP contribution in [0.2, 0.25) is 0 Å². The first-order valence-electron chi connectivity index (χ1n) is 7.83. The zero-order valence-electron chi connectivity index (χ0n) is 13.3.